The summed E-state index contributed by atoms with van der Waals surface area (Å²) in [6.07, 6.45) is 3.41. The summed E-state index contributed by atoms with van der Waals surface area (Å²) in [6.45, 7) is 2.50. The monoisotopic (exact) mass is 378 g/mol. The van der Waals surface area contributed by atoms with E-state index in [1.165, 1.54) is 6.07 Å². The number of hydrogen-bond donors (Lipinski definition) is 1. The Morgan fingerprint density at radius 2 is 1.79 bits per heavy atom. The van der Waals surface area contributed by atoms with Gasteiger partial charge in [-0.1, -0.05) is 25.5 Å². The lowest BCUT2D eigenvalue weighted by atomic mass is 10.2. The molecule has 2 aromatic carbocycles. The van der Waals surface area contributed by atoms with E-state index in [-0.39, 0.29) is 23.9 Å². The molecule has 1 heterocycles. The van der Waals surface area contributed by atoms with Crippen LogP contribution in [-0.4, -0.2) is 23.1 Å². The van der Waals surface area contributed by atoms with E-state index in [1.54, 1.807) is 47.2 Å². The van der Waals surface area contributed by atoms with Crippen LogP contribution in [0, 0.1) is 0 Å². The number of anilines is 1. The average molecular weight is 378 g/mol. The van der Waals surface area contributed by atoms with Crippen molar-refractivity contribution >= 4 is 28.5 Å². The molecule has 3 rings (SSSR count). The Balaban J connectivity index is 1.65. The summed E-state index contributed by atoms with van der Waals surface area (Å²) < 4.78 is 6.89. The van der Waals surface area contributed by atoms with E-state index in [0.29, 0.717) is 28.8 Å². The Labute approximate surface area is 162 Å². The van der Waals surface area contributed by atoms with Crippen LogP contribution >= 0.6 is 0 Å². The minimum absolute atomic E-state index is 0.0710. The molecule has 1 aromatic heterocycles. The second-order valence-electron chi connectivity index (χ2n) is 6.44. The molecule has 0 fully saturated rings. The quantitative estimate of drug-likeness (QED) is 0.503. The van der Waals surface area contributed by atoms with Gasteiger partial charge in [0.15, 0.2) is 5.43 Å². The number of hydrogen-bond acceptors (Lipinski definition) is 4. The summed E-state index contributed by atoms with van der Waals surface area (Å²) in [5, 5.41) is 3.37. The maximum absolute atomic E-state index is 12.4. The van der Waals surface area contributed by atoms with Crippen LogP contribution < -0.4 is 10.7 Å². The normalized spacial score (nSPS) is 10.6. The highest BCUT2D eigenvalue weighted by Gasteiger charge is 2.09. The molecule has 0 aliphatic rings. The topological polar surface area (TPSA) is 77.4 Å². The molecule has 6 heteroatoms. The second kappa shape index (κ2) is 8.99. The minimum atomic E-state index is -0.369. The zero-order valence-corrected chi connectivity index (χ0v) is 15.7. The molecule has 0 atom stereocenters. The smallest absolute Gasteiger partial charge is 0.338 e. The van der Waals surface area contributed by atoms with Gasteiger partial charge in [-0.2, -0.15) is 0 Å². The van der Waals surface area contributed by atoms with E-state index < -0.39 is 0 Å². The summed E-state index contributed by atoms with van der Waals surface area (Å²) in [7, 11) is 0. The van der Waals surface area contributed by atoms with Crippen LogP contribution in [-0.2, 0) is 16.1 Å². The SMILES string of the molecule is CCCCOC(=O)c1ccc(NC(=O)Cn2ccc(=O)c3ccccc32)cc1. The van der Waals surface area contributed by atoms with E-state index in [2.05, 4.69) is 5.32 Å². The molecule has 6 nitrogen and oxygen atoms in total. The first-order chi connectivity index (χ1) is 13.6. The van der Waals surface area contributed by atoms with E-state index >= 15 is 0 Å². The number of esters is 1. The Bertz CT molecular complexity index is 1040. The third-order valence-corrected chi connectivity index (χ3v) is 4.33. The van der Waals surface area contributed by atoms with Gasteiger partial charge in [0.2, 0.25) is 5.91 Å². The van der Waals surface area contributed by atoms with Crippen LogP contribution in [0.4, 0.5) is 5.69 Å². The Morgan fingerprint density at radius 1 is 1.04 bits per heavy atom. The summed E-state index contributed by atoms with van der Waals surface area (Å²) in [5.41, 5.74) is 1.66. The van der Waals surface area contributed by atoms with Crippen LogP contribution in [0.2, 0.25) is 0 Å². The van der Waals surface area contributed by atoms with Crippen molar-refractivity contribution in [1.82, 2.24) is 4.57 Å². The van der Waals surface area contributed by atoms with Crippen molar-refractivity contribution in [3.63, 3.8) is 0 Å². The molecule has 144 valence electrons. The average Bonchev–Trinajstić information content (AvgIpc) is 2.71. The van der Waals surface area contributed by atoms with E-state index in [4.69, 9.17) is 4.74 Å². The van der Waals surface area contributed by atoms with Crippen LogP contribution in [0.5, 0.6) is 0 Å². The van der Waals surface area contributed by atoms with E-state index in [0.717, 1.165) is 12.8 Å². The van der Waals surface area contributed by atoms with Gasteiger partial charge in [0, 0.05) is 23.3 Å². The standard InChI is InChI=1S/C22H22N2O4/c1-2-3-14-28-22(27)16-8-10-17(11-9-16)23-21(26)15-24-13-12-20(25)18-6-4-5-7-19(18)24/h4-13H,2-3,14-15H2,1H3,(H,23,26). The van der Waals surface area contributed by atoms with Gasteiger partial charge in [-0.25, -0.2) is 4.79 Å². The van der Waals surface area contributed by atoms with Gasteiger partial charge in [-0.15, -0.1) is 0 Å². The molecule has 0 spiro atoms. The van der Waals surface area contributed by atoms with Crippen LogP contribution in [0.3, 0.4) is 0 Å². The number of rotatable bonds is 7. The van der Waals surface area contributed by atoms with Crippen LogP contribution in [0.1, 0.15) is 30.1 Å². The van der Waals surface area contributed by atoms with Crippen molar-refractivity contribution in [3.8, 4) is 0 Å². The fraction of sp³-hybridized carbons (Fsp3) is 0.227. The number of ether oxygens (including phenoxy) is 1. The van der Waals surface area contributed by atoms with Crippen molar-refractivity contribution in [2.45, 2.75) is 26.3 Å². The molecule has 0 saturated carbocycles. The highest BCUT2D eigenvalue weighted by atomic mass is 16.5. The summed E-state index contributed by atoms with van der Waals surface area (Å²) >= 11 is 0. The predicted octanol–water partition coefficient (Wildman–Crippen LogP) is 3.60. The van der Waals surface area contributed by atoms with E-state index in [1.807, 2.05) is 19.1 Å². The number of benzene rings is 2. The zero-order valence-electron chi connectivity index (χ0n) is 15.7. The van der Waals surface area contributed by atoms with Crippen LogP contribution in [0.15, 0.2) is 65.6 Å². The Kier molecular flexibility index (Phi) is 6.22. The molecule has 0 radical (unpaired) electrons. The van der Waals surface area contributed by atoms with Crippen LogP contribution in [0.25, 0.3) is 10.9 Å². The molecule has 3 aromatic rings. The maximum Gasteiger partial charge on any atom is 0.338 e. The number of unbranched alkanes of at least 4 members (excludes halogenated alkanes) is 1. The van der Waals surface area contributed by atoms with Gasteiger partial charge in [-0.05, 0) is 42.8 Å². The highest BCUT2D eigenvalue weighted by molar-refractivity contribution is 5.93. The van der Waals surface area contributed by atoms with Gasteiger partial charge in [0.05, 0.1) is 17.7 Å². The first-order valence-electron chi connectivity index (χ1n) is 9.23. The number of para-hydroxylation sites is 1. The van der Waals surface area contributed by atoms with E-state index in [9.17, 15) is 14.4 Å². The first kappa shape index (κ1) is 19.4. The molecule has 0 aliphatic heterocycles. The van der Waals surface area contributed by atoms with Gasteiger partial charge in [0.1, 0.15) is 6.54 Å². The van der Waals surface area contributed by atoms with Crippen molar-refractivity contribution < 1.29 is 14.3 Å². The fourth-order valence-corrected chi connectivity index (χ4v) is 2.84. The van der Waals surface area contributed by atoms with Crippen molar-refractivity contribution in [1.29, 1.82) is 0 Å². The van der Waals surface area contributed by atoms with Crippen molar-refractivity contribution in [2.75, 3.05) is 11.9 Å². The van der Waals surface area contributed by atoms with Crippen molar-refractivity contribution in [2.24, 2.45) is 0 Å². The summed E-state index contributed by atoms with van der Waals surface area (Å²) in [5.74, 6) is -0.599. The molecule has 0 unspecified atom stereocenters. The number of amides is 1. The van der Waals surface area contributed by atoms with Gasteiger partial charge in [0.25, 0.3) is 0 Å². The minimum Gasteiger partial charge on any atom is -0.462 e. The van der Waals surface area contributed by atoms with Gasteiger partial charge in [-0.3, -0.25) is 9.59 Å². The maximum atomic E-state index is 12.4. The molecular weight excluding hydrogens is 356 g/mol. The number of nitrogens with zero attached hydrogens (tertiary/aromatic N) is 1. The third kappa shape index (κ3) is 4.65. The number of pyridine rings is 1. The van der Waals surface area contributed by atoms with Crippen molar-refractivity contribution in [3.05, 3.63) is 76.6 Å². The largest absolute Gasteiger partial charge is 0.462 e. The number of fused-ring (bicyclic) bond motifs is 1. The van der Waals surface area contributed by atoms with Gasteiger partial charge >= 0.3 is 5.97 Å². The molecule has 0 bridgehead atoms. The fourth-order valence-electron chi connectivity index (χ4n) is 2.84. The molecular formula is C22H22N2O4. The number of aromatic nitrogens is 1. The molecule has 0 aliphatic carbocycles. The first-order valence-corrected chi connectivity index (χ1v) is 9.23. The number of nitrogens with one attached hydrogen (secondary N) is 1. The number of carbonyl (C=O) groups is 2. The lowest BCUT2D eigenvalue weighted by molar-refractivity contribution is -0.116. The Hall–Kier alpha value is -3.41. The molecule has 1 amide bonds. The molecule has 0 saturated heterocycles. The number of carbonyl (C=O) groups excluding carboxylic acids is 2. The lowest BCUT2D eigenvalue weighted by Crippen LogP contribution is -2.20. The Morgan fingerprint density at radius 3 is 2.54 bits per heavy atom. The molecule has 28 heavy (non-hydrogen) atoms. The predicted molar refractivity (Wildman–Crippen MR) is 108 cm³/mol. The zero-order chi connectivity index (χ0) is 19.9. The highest BCUT2D eigenvalue weighted by Crippen LogP contribution is 2.13. The third-order valence-electron chi connectivity index (χ3n) is 4.33. The summed E-state index contributed by atoms with van der Waals surface area (Å²) in [4.78, 5) is 36.2. The summed E-state index contributed by atoms with van der Waals surface area (Å²) in [6, 6.07) is 15.2. The molecule has 1 N–H and O–H groups in total. The second-order valence-corrected chi connectivity index (χ2v) is 6.44. The lowest BCUT2D eigenvalue weighted by Gasteiger charge is -2.11. The van der Waals surface area contributed by atoms with Gasteiger partial charge < -0.3 is 14.6 Å².